The van der Waals surface area contributed by atoms with E-state index in [-0.39, 0.29) is 26.4 Å². The molecule has 0 unspecified atom stereocenters. The second kappa shape index (κ2) is 29.4. The Hall–Kier alpha value is 0.300. The fourth-order valence-corrected chi connectivity index (χ4v) is 9.38. The summed E-state index contributed by atoms with van der Waals surface area (Å²) in [6, 6.07) is 0. The van der Waals surface area contributed by atoms with E-state index in [9.17, 15) is 9.13 Å². The van der Waals surface area contributed by atoms with Crippen molar-refractivity contribution in [2.75, 3.05) is 26.4 Å². The largest absolute Gasteiger partial charge is 0.441 e. The summed E-state index contributed by atoms with van der Waals surface area (Å²) in [5.74, 6) is 0. The van der Waals surface area contributed by atoms with E-state index in [4.69, 9.17) is 18.1 Å². The van der Waals surface area contributed by atoms with Gasteiger partial charge in [-0.05, 0) is 25.7 Å². The summed E-state index contributed by atoms with van der Waals surface area (Å²) in [5.41, 5.74) is 0. The first kappa shape index (κ1) is 40.3. The molecule has 0 aliphatic carbocycles. The van der Waals surface area contributed by atoms with Gasteiger partial charge in [-0.25, -0.2) is 9.13 Å². The SMILES string of the molecule is CCCCCCCCCCCCOP(=O)(OCCCCCCCCCCCC)P(=O)(OCCCC)OCCCC. The molecule has 0 radical (unpaired) electrons. The Balaban J connectivity index is 4.71. The molecule has 0 amide bonds. The minimum Gasteiger partial charge on any atom is -0.300 e. The molecular weight excluding hydrogens is 542 g/mol. The monoisotopic (exact) mass is 610 g/mol. The molecule has 0 N–H and O–H groups in total. The summed E-state index contributed by atoms with van der Waals surface area (Å²) in [6.45, 7) is 9.54. The van der Waals surface area contributed by atoms with Gasteiger partial charge in [0.1, 0.15) is 0 Å². The summed E-state index contributed by atoms with van der Waals surface area (Å²) < 4.78 is 50.9. The van der Waals surface area contributed by atoms with Crippen molar-refractivity contribution in [3.63, 3.8) is 0 Å². The molecule has 0 saturated heterocycles. The van der Waals surface area contributed by atoms with E-state index in [1.165, 1.54) is 89.9 Å². The van der Waals surface area contributed by atoms with E-state index in [2.05, 4.69) is 13.8 Å². The van der Waals surface area contributed by atoms with Crippen molar-refractivity contribution in [2.24, 2.45) is 0 Å². The third-order valence-corrected chi connectivity index (χ3v) is 13.1. The van der Waals surface area contributed by atoms with Gasteiger partial charge >= 0.3 is 14.6 Å². The summed E-state index contributed by atoms with van der Waals surface area (Å²) in [4.78, 5) is 0. The Morgan fingerprint density at radius 3 is 0.750 bits per heavy atom. The Morgan fingerprint density at radius 2 is 0.500 bits per heavy atom. The molecule has 242 valence electrons. The van der Waals surface area contributed by atoms with E-state index < -0.39 is 14.6 Å². The van der Waals surface area contributed by atoms with Gasteiger partial charge in [-0.15, -0.1) is 0 Å². The molecule has 0 aromatic carbocycles. The normalized spacial score (nSPS) is 12.4. The molecule has 6 nitrogen and oxygen atoms in total. The Kier molecular flexibility index (Phi) is 29.6. The van der Waals surface area contributed by atoms with Crippen molar-refractivity contribution >= 4 is 14.6 Å². The first-order valence-electron chi connectivity index (χ1n) is 17.3. The van der Waals surface area contributed by atoms with Crippen molar-refractivity contribution < 1.29 is 27.2 Å². The lowest BCUT2D eigenvalue weighted by atomic mass is 10.1. The third-order valence-electron chi connectivity index (χ3n) is 7.31. The smallest absolute Gasteiger partial charge is 0.300 e. The highest BCUT2D eigenvalue weighted by molar-refractivity contribution is 8.27. The van der Waals surface area contributed by atoms with Crippen LogP contribution in [0.3, 0.4) is 0 Å². The van der Waals surface area contributed by atoms with Crippen molar-refractivity contribution in [1.29, 1.82) is 0 Å². The van der Waals surface area contributed by atoms with E-state index in [1.54, 1.807) is 0 Å². The fraction of sp³-hybridized carbons (Fsp3) is 1.00. The van der Waals surface area contributed by atoms with E-state index in [1.807, 2.05) is 13.8 Å². The zero-order valence-electron chi connectivity index (χ0n) is 27.1. The van der Waals surface area contributed by atoms with Gasteiger partial charge in [-0.3, -0.25) is 0 Å². The van der Waals surface area contributed by atoms with Gasteiger partial charge in [-0.2, -0.15) is 0 Å². The molecular formula is C32H68O6P2. The number of hydrogen-bond acceptors (Lipinski definition) is 6. The summed E-state index contributed by atoms with van der Waals surface area (Å²) >= 11 is 0. The predicted octanol–water partition coefficient (Wildman–Crippen LogP) is 12.8. The maximum Gasteiger partial charge on any atom is 0.441 e. The molecule has 0 bridgehead atoms. The molecule has 8 heteroatoms. The highest BCUT2D eigenvalue weighted by Crippen LogP contribution is 2.83. The molecule has 0 saturated carbocycles. The van der Waals surface area contributed by atoms with Gasteiger partial charge in [-0.1, -0.05) is 156 Å². The summed E-state index contributed by atoms with van der Waals surface area (Å²) in [5, 5.41) is 0. The molecule has 0 fully saturated rings. The number of hydrogen-bond donors (Lipinski definition) is 0. The van der Waals surface area contributed by atoms with Crippen molar-refractivity contribution in [1.82, 2.24) is 0 Å². The topological polar surface area (TPSA) is 71.1 Å². The van der Waals surface area contributed by atoms with Crippen molar-refractivity contribution in [3.8, 4) is 0 Å². The van der Waals surface area contributed by atoms with Gasteiger partial charge in [0.15, 0.2) is 0 Å². The molecule has 0 spiro atoms. The van der Waals surface area contributed by atoms with Crippen LogP contribution in [0.25, 0.3) is 0 Å². The third kappa shape index (κ3) is 21.9. The number of unbranched alkanes of at least 4 members (excludes halogenated alkanes) is 20. The molecule has 0 aliphatic heterocycles. The zero-order chi connectivity index (χ0) is 29.6. The van der Waals surface area contributed by atoms with Crippen LogP contribution in [0.4, 0.5) is 0 Å². The second-order valence-electron chi connectivity index (χ2n) is 11.3. The molecule has 0 aliphatic rings. The first-order chi connectivity index (χ1) is 19.5. The van der Waals surface area contributed by atoms with Crippen LogP contribution in [0, 0.1) is 0 Å². The average Bonchev–Trinajstić information content (AvgIpc) is 2.95. The van der Waals surface area contributed by atoms with Gasteiger partial charge < -0.3 is 18.1 Å². The van der Waals surface area contributed by atoms with Crippen LogP contribution in [-0.4, -0.2) is 26.4 Å². The summed E-state index contributed by atoms with van der Waals surface area (Å²) in [6.07, 6.45) is 27.3. The van der Waals surface area contributed by atoms with Crippen LogP contribution < -0.4 is 0 Å². The van der Waals surface area contributed by atoms with Crippen LogP contribution in [0.5, 0.6) is 0 Å². The Labute approximate surface area is 249 Å². The summed E-state index contributed by atoms with van der Waals surface area (Å²) in [7, 11) is -8.11. The second-order valence-corrected chi connectivity index (χ2v) is 17.2. The lowest BCUT2D eigenvalue weighted by molar-refractivity contribution is 0.172. The van der Waals surface area contributed by atoms with Crippen LogP contribution >= 0.6 is 14.6 Å². The fourth-order valence-electron chi connectivity index (χ4n) is 4.54. The Morgan fingerprint density at radius 1 is 0.300 bits per heavy atom. The highest BCUT2D eigenvalue weighted by Gasteiger charge is 2.51. The van der Waals surface area contributed by atoms with Crippen molar-refractivity contribution in [2.45, 2.75) is 182 Å². The van der Waals surface area contributed by atoms with Crippen LogP contribution in [-0.2, 0) is 27.2 Å². The Bertz CT molecular complexity index is 572. The highest BCUT2D eigenvalue weighted by atomic mass is 32.1. The maximum atomic E-state index is 14.0. The molecule has 0 atom stereocenters. The standard InChI is InChI=1S/C32H68O6P2/c1-5-9-13-15-17-19-21-23-25-27-31-37-40(34,39(33,35-29-11-7-3)36-30-12-8-4)38-32-28-26-24-22-20-18-16-14-10-6-2/h5-32H2,1-4H3. The van der Waals surface area contributed by atoms with E-state index >= 15 is 0 Å². The van der Waals surface area contributed by atoms with E-state index in [0.29, 0.717) is 0 Å². The zero-order valence-corrected chi connectivity index (χ0v) is 28.9. The van der Waals surface area contributed by atoms with Gasteiger partial charge in [0, 0.05) is 0 Å². The van der Waals surface area contributed by atoms with Crippen LogP contribution in [0.15, 0.2) is 0 Å². The minimum absolute atomic E-state index is 0.229. The molecule has 0 aromatic rings. The number of rotatable bonds is 33. The van der Waals surface area contributed by atoms with Gasteiger partial charge in [0.05, 0.1) is 26.4 Å². The first-order valence-corrected chi connectivity index (χ1v) is 21.1. The molecule has 0 aromatic heterocycles. The average molecular weight is 611 g/mol. The maximum absolute atomic E-state index is 14.0. The lowest BCUT2D eigenvalue weighted by Gasteiger charge is -2.26. The predicted molar refractivity (Wildman–Crippen MR) is 173 cm³/mol. The van der Waals surface area contributed by atoms with E-state index in [0.717, 1.165) is 64.2 Å². The quantitative estimate of drug-likeness (QED) is 0.0544. The lowest BCUT2D eigenvalue weighted by Crippen LogP contribution is -2.07. The molecule has 40 heavy (non-hydrogen) atoms. The molecule has 0 heterocycles. The van der Waals surface area contributed by atoms with Crippen molar-refractivity contribution in [3.05, 3.63) is 0 Å². The molecule has 0 rings (SSSR count). The van der Waals surface area contributed by atoms with Gasteiger partial charge in [0.25, 0.3) is 0 Å². The van der Waals surface area contributed by atoms with Crippen LogP contribution in [0.2, 0.25) is 0 Å². The van der Waals surface area contributed by atoms with Crippen LogP contribution in [0.1, 0.15) is 182 Å². The van der Waals surface area contributed by atoms with Gasteiger partial charge in [0.2, 0.25) is 0 Å². The minimum atomic E-state index is -4.06.